The molecule has 104 valence electrons. The number of furan rings is 1. The number of anilines is 1. The summed E-state index contributed by atoms with van der Waals surface area (Å²) in [4.78, 5) is 23.3. The number of aryl methyl sites for hydroxylation is 1. The average Bonchev–Trinajstić information content (AvgIpc) is 2.94. The van der Waals surface area contributed by atoms with Gasteiger partial charge in [-0.3, -0.25) is 9.59 Å². The Morgan fingerprint density at radius 2 is 2.10 bits per heavy atom. The smallest absolute Gasteiger partial charge is 0.254 e. The number of benzene rings is 1. The zero-order valence-electron chi connectivity index (χ0n) is 10.8. The summed E-state index contributed by atoms with van der Waals surface area (Å²) < 4.78 is 5.77. The fraction of sp³-hybridized carbons (Fsp3) is 0.143. The molecule has 2 rings (SSSR count). The lowest BCUT2D eigenvalue weighted by Gasteiger charge is -2.07. The Kier molecular flexibility index (Phi) is 4.57. The molecule has 0 unspecified atom stereocenters. The largest absolute Gasteiger partial charge is 0.472 e. The number of nitrogens with one attached hydrogen (secondary N) is 2. The second kappa shape index (κ2) is 6.38. The first-order chi connectivity index (χ1) is 9.56. The molecule has 1 heterocycles. The summed E-state index contributed by atoms with van der Waals surface area (Å²) in [5.41, 5.74) is 2.09. The Bertz CT molecular complexity index is 623. The third kappa shape index (κ3) is 3.71. The van der Waals surface area contributed by atoms with Crippen molar-refractivity contribution in [3.8, 4) is 0 Å². The van der Waals surface area contributed by atoms with E-state index in [9.17, 15) is 9.59 Å². The summed E-state index contributed by atoms with van der Waals surface area (Å²) in [6, 6.07) is 7.02. The lowest BCUT2D eigenvalue weighted by atomic mass is 10.2. The predicted octanol–water partition coefficient (Wildman–Crippen LogP) is 2.72. The third-order valence-electron chi connectivity index (χ3n) is 2.63. The highest BCUT2D eigenvalue weighted by atomic mass is 79.9. The molecule has 0 aliphatic carbocycles. The van der Waals surface area contributed by atoms with E-state index < -0.39 is 0 Å². The minimum absolute atomic E-state index is 0.0981. The average molecular weight is 337 g/mol. The number of hydrogen-bond donors (Lipinski definition) is 2. The van der Waals surface area contributed by atoms with Crippen molar-refractivity contribution in [2.75, 3.05) is 11.9 Å². The molecule has 6 heteroatoms. The second-order valence-electron chi connectivity index (χ2n) is 4.21. The molecule has 0 spiro atoms. The van der Waals surface area contributed by atoms with Crippen LogP contribution < -0.4 is 10.6 Å². The number of hydrogen-bond acceptors (Lipinski definition) is 3. The maximum Gasteiger partial charge on any atom is 0.254 e. The summed E-state index contributed by atoms with van der Waals surface area (Å²) in [5, 5.41) is 5.22. The zero-order chi connectivity index (χ0) is 14.5. The van der Waals surface area contributed by atoms with Crippen LogP contribution in [-0.4, -0.2) is 18.4 Å². The minimum atomic E-state index is -0.346. The van der Waals surface area contributed by atoms with Crippen molar-refractivity contribution >= 4 is 33.4 Å². The Labute approximate surface area is 124 Å². The Morgan fingerprint density at radius 1 is 1.30 bits per heavy atom. The lowest BCUT2D eigenvalue weighted by molar-refractivity contribution is -0.115. The van der Waals surface area contributed by atoms with Gasteiger partial charge in [0.1, 0.15) is 6.26 Å². The Hall–Kier alpha value is -2.08. The van der Waals surface area contributed by atoms with Crippen LogP contribution in [0.15, 0.2) is 45.7 Å². The van der Waals surface area contributed by atoms with Crippen molar-refractivity contribution in [1.82, 2.24) is 5.32 Å². The summed E-state index contributed by atoms with van der Waals surface area (Å²) in [6.07, 6.45) is 2.73. The van der Waals surface area contributed by atoms with Crippen LogP contribution in [0.25, 0.3) is 0 Å². The number of carbonyl (C=O) groups is 2. The fourth-order valence-corrected chi connectivity index (χ4v) is 1.83. The van der Waals surface area contributed by atoms with E-state index in [1.165, 1.54) is 18.6 Å². The highest BCUT2D eigenvalue weighted by Crippen LogP contribution is 2.19. The molecule has 1 aromatic heterocycles. The molecule has 20 heavy (non-hydrogen) atoms. The van der Waals surface area contributed by atoms with Gasteiger partial charge in [-0.1, -0.05) is 15.9 Å². The Morgan fingerprint density at radius 3 is 2.75 bits per heavy atom. The van der Waals surface area contributed by atoms with Crippen LogP contribution in [0, 0.1) is 6.92 Å². The van der Waals surface area contributed by atoms with Crippen molar-refractivity contribution in [2.45, 2.75) is 6.92 Å². The molecule has 0 aliphatic rings. The molecule has 2 N–H and O–H groups in total. The van der Waals surface area contributed by atoms with Gasteiger partial charge in [0, 0.05) is 10.2 Å². The molecular weight excluding hydrogens is 324 g/mol. The van der Waals surface area contributed by atoms with Gasteiger partial charge in [0.15, 0.2) is 0 Å². The molecule has 0 saturated heterocycles. The first-order valence-corrected chi connectivity index (χ1v) is 6.72. The van der Waals surface area contributed by atoms with Gasteiger partial charge in [-0.05, 0) is 36.8 Å². The van der Waals surface area contributed by atoms with Crippen LogP contribution in [-0.2, 0) is 4.79 Å². The zero-order valence-corrected chi connectivity index (χ0v) is 12.4. The Balaban J connectivity index is 1.86. The SMILES string of the molecule is Cc1cc(NC(=O)CNC(=O)c2ccoc2)ccc1Br. The number of rotatable bonds is 4. The highest BCUT2D eigenvalue weighted by molar-refractivity contribution is 9.10. The molecule has 0 saturated carbocycles. The van der Waals surface area contributed by atoms with Gasteiger partial charge in [0.2, 0.25) is 5.91 Å². The van der Waals surface area contributed by atoms with Crippen LogP contribution in [0.1, 0.15) is 15.9 Å². The first kappa shape index (κ1) is 14.3. The monoisotopic (exact) mass is 336 g/mol. The van der Waals surface area contributed by atoms with Crippen molar-refractivity contribution < 1.29 is 14.0 Å². The number of carbonyl (C=O) groups excluding carboxylic acids is 2. The van der Waals surface area contributed by atoms with E-state index in [2.05, 4.69) is 26.6 Å². The molecule has 1 aromatic carbocycles. The van der Waals surface area contributed by atoms with Crippen LogP contribution in [0.4, 0.5) is 5.69 Å². The molecule has 5 nitrogen and oxygen atoms in total. The predicted molar refractivity (Wildman–Crippen MR) is 78.5 cm³/mol. The van der Waals surface area contributed by atoms with Crippen LogP contribution in [0.2, 0.25) is 0 Å². The van der Waals surface area contributed by atoms with Crippen molar-refractivity contribution in [1.29, 1.82) is 0 Å². The molecular formula is C14H13BrN2O3. The summed E-state index contributed by atoms with van der Waals surface area (Å²) in [7, 11) is 0. The van der Waals surface area contributed by atoms with Gasteiger partial charge in [-0.25, -0.2) is 0 Å². The van der Waals surface area contributed by atoms with E-state index in [-0.39, 0.29) is 18.4 Å². The third-order valence-corrected chi connectivity index (χ3v) is 3.52. The molecule has 0 atom stereocenters. The van der Waals surface area contributed by atoms with E-state index >= 15 is 0 Å². The van der Waals surface area contributed by atoms with Gasteiger partial charge in [0.05, 0.1) is 18.4 Å². The van der Waals surface area contributed by atoms with Crippen LogP contribution >= 0.6 is 15.9 Å². The summed E-state index contributed by atoms with van der Waals surface area (Å²) in [5.74, 6) is -0.635. The van der Waals surface area contributed by atoms with E-state index in [1.807, 2.05) is 19.1 Å². The highest BCUT2D eigenvalue weighted by Gasteiger charge is 2.09. The maximum atomic E-state index is 11.7. The quantitative estimate of drug-likeness (QED) is 0.901. The van der Waals surface area contributed by atoms with Gasteiger partial charge < -0.3 is 15.1 Å². The van der Waals surface area contributed by atoms with Crippen molar-refractivity contribution in [3.63, 3.8) is 0 Å². The molecule has 2 amide bonds. The molecule has 0 aliphatic heterocycles. The van der Waals surface area contributed by atoms with E-state index in [4.69, 9.17) is 4.42 Å². The van der Waals surface area contributed by atoms with Gasteiger partial charge in [0.25, 0.3) is 5.91 Å². The summed E-state index contributed by atoms with van der Waals surface area (Å²) >= 11 is 3.39. The lowest BCUT2D eigenvalue weighted by Crippen LogP contribution is -2.32. The van der Waals surface area contributed by atoms with Crippen LogP contribution in [0.3, 0.4) is 0 Å². The van der Waals surface area contributed by atoms with Gasteiger partial charge in [-0.15, -0.1) is 0 Å². The summed E-state index contributed by atoms with van der Waals surface area (Å²) in [6.45, 7) is 1.83. The molecule has 0 fully saturated rings. The second-order valence-corrected chi connectivity index (χ2v) is 5.06. The van der Waals surface area contributed by atoms with Crippen LogP contribution in [0.5, 0.6) is 0 Å². The maximum absolute atomic E-state index is 11.7. The first-order valence-electron chi connectivity index (χ1n) is 5.92. The van der Waals surface area contributed by atoms with E-state index in [0.717, 1.165) is 10.0 Å². The van der Waals surface area contributed by atoms with Gasteiger partial charge >= 0.3 is 0 Å². The van der Waals surface area contributed by atoms with E-state index in [0.29, 0.717) is 11.3 Å². The molecule has 2 aromatic rings. The fourth-order valence-electron chi connectivity index (χ4n) is 1.58. The minimum Gasteiger partial charge on any atom is -0.472 e. The number of amides is 2. The normalized spacial score (nSPS) is 10.1. The topological polar surface area (TPSA) is 71.3 Å². The molecule has 0 bridgehead atoms. The van der Waals surface area contributed by atoms with Gasteiger partial charge in [-0.2, -0.15) is 0 Å². The van der Waals surface area contributed by atoms with Crippen molar-refractivity contribution in [2.24, 2.45) is 0 Å². The molecule has 0 radical (unpaired) electrons. The van der Waals surface area contributed by atoms with E-state index in [1.54, 1.807) is 6.07 Å². The van der Waals surface area contributed by atoms with Crippen molar-refractivity contribution in [3.05, 3.63) is 52.4 Å². The number of halogens is 1. The standard InChI is InChI=1S/C14H13BrN2O3/c1-9-6-11(2-3-12(9)15)17-13(18)7-16-14(19)10-4-5-20-8-10/h2-6,8H,7H2,1H3,(H,16,19)(H,17,18).